The number of amides is 2. The van der Waals surface area contributed by atoms with Crippen molar-refractivity contribution in [3.8, 4) is 5.06 Å². The fourth-order valence-electron chi connectivity index (χ4n) is 3.23. The van der Waals surface area contributed by atoms with E-state index in [0.717, 1.165) is 12.1 Å². The maximum absolute atomic E-state index is 12.2. The summed E-state index contributed by atoms with van der Waals surface area (Å²) in [5.74, 6) is 0.144. The molecule has 13 heteroatoms. The van der Waals surface area contributed by atoms with Crippen LogP contribution < -0.4 is 15.4 Å². The van der Waals surface area contributed by atoms with Crippen molar-refractivity contribution in [2.75, 3.05) is 19.0 Å². The van der Waals surface area contributed by atoms with Crippen LogP contribution in [0.4, 0.5) is 23.8 Å². The molecule has 2 aromatic heterocycles. The van der Waals surface area contributed by atoms with Crippen molar-refractivity contribution in [2.24, 2.45) is 0 Å². The third-order valence-corrected chi connectivity index (χ3v) is 5.64. The lowest BCUT2D eigenvalue weighted by Gasteiger charge is -2.13. The fraction of sp³-hybridized carbons (Fsp3) is 0.556. The van der Waals surface area contributed by atoms with Crippen LogP contribution in [0.15, 0.2) is 12.3 Å². The zero-order valence-electron chi connectivity index (χ0n) is 16.6. The van der Waals surface area contributed by atoms with Crippen LogP contribution in [0.3, 0.4) is 0 Å². The van der Waals surface area contributed by atoms with Gasteiger partial charge in [-0.25, -0.2) is 9.78 Å². The summed E-state index contributed by atoms with van der Waals surface area (Å²) in [6, 6.07) is 1.72. The van der Waals surface area contributed by atoms with Crippen molar-refractivity contribution in [1.29, 1.82) is 0 Å². The molecule has 2 atom stereocenters. The molecule has 2 amide bonds. The lowest BCUT2D eigenvalue weighted by Crippen LogP contribution is -2.31. The van der Waals surface area contributed by atoms with Crippen molar-refractivity contribution in [3.63, 3.8) is 0 Å². The minimum Gasteiger partial charge on any atom is -0.486 e. The average molecular weight is 461 g/mol. The first kappa shape index (κ1) is 22.8. The highest BCUT2D eigenvalue weighted by atomic mass is 32.1. The number of carbonyl (C=O) groups excluding carboxylic acids is 2. The number of methoxy groups -OCH3 is 1. The molecule has 3 N–H and O–H groups in total. The van der Waals surface area contributed by atoms with Crippen LogP contribution in [-0.2, 0) is 16.0 Å². The molecule has 0 aliphatic heterocycles. The van der Waals surface area contributed by atoms with Gasteiger partial charge in [-0.2, -0.15) is 18.3 Å². The monoisotopic (exact) mass is 461 g/mol. The highest BCUT2D eigenvalue weighted by molar-refractivity contribution is 7.13. The number of aromatic amines is 1. The SMILES string of the molecule is COc1cnc(CC(=O)Nc2cc(C3CCC(OC(=O)NCCC(F)(F)F)C3)[nH]n2)s1. The second-order valence-electron chi connectivity index (χ2n) is 7.04. The van der Waals surface area contributed by atoms with E-state index in [1.807, 2.05) is 0 Å². The number of aromatic nitrogens is 3. The molecule has 170 valence electrons. The minimum absolute atomic E-state index is 0.0364. The first-order valence-corrected chi connectivity index (χ1v) is 10.4. The molecule has 1 aliphatic rings. The highest BCUT2D eigenvalue weighted by Gasteiger charge is 2.31. The first-order valence-electron chi connectivity index (χ1n) is 9.57. The molecule has 0 saturated heterocycles. The Hall–Kier alpha value is -2.83. The Bertz CT molecular complexity index is 901. The van der Waals surface area contributed by atoms with E-state index in [0.29, 0.717) is 28.7 Å². The number of H-pyrrole nitrogens is 1. The van der Waals surface area contributed by atoms with Crippen molar-refractivity contribution in [1.82, 2.24) is 20.5 Å². The Morgan fingerprint density at radius 3 is 2.87 bits per heavy atom. The minimum atomic E-state index is -4.33. The van der Waals surface area contributed by atoms with E-state index in [9.17, 15) is 22.8 Å². The fourth-order valence-corrected chi connectivity index (χ4v) is 3.96. The number of hydrogen-bond acceptors (Lipinski definition) is 7. The first-order chi connectivity index (χ1) is 14.7. The van der Waals surface area contributed by atoms with E-state index < -0.39 is 31.3 Å². The van der Waals surface area contributed by atoms with E-state index in [-0.39, 0.29) is 18.2 Å². The van der Waals surface area contributed by atoms with Gasteiger partial charge in [0.2, 0.25) is 5.91 Å². The molecule has 0 bridgehead atoms. The second kappa shape index (κ2) is 9.98. The molecule has 0 spiro atoms. The van der Waals surface area contributed by atoms with E-state index >= 15 is 0 Å². The zero-order valence-corrected chi connectivity index (χ0v) is 17.4. The molecular formula is C18H22F3N5O4S. The third-order valence-electron chi connectivity index (χ3n) is 4.69. The lowest BCUT2D eigenvalue weighted by atomic mass is 10.0. The number of thiazole rings is 1. The van der Waals surface area contributed by atoms with Gasteiger partial charge < -0.3 is 20.1 Å². The predicted octanol–water partition coefficient (Wildman–Crippen LogP) is 3.37. The highest BCUT2D eigenvalue weighted by Crippen LogP contribution is 2.35. The Morgan fingerprint density at radius 1 is 1.35 bits per heavy atom. The van der Waals surface area contributed by atoms with Gasteiger partial charge in [-0.05, 0) is 19.3 Å². The van der Waals surface area contributed by atoms with Gasteiger partial charge in [-0.15, -0.1) is 0 Å². The van der Waals surface area contributed by atoms with Gasteiger partial charge >= 0.3 is 12.3 Å². The van der Waals surface area contributed by atoms with Gasteiger partial charge in [0, 0.05) is 24.2 Å². The van der Waals surface area contributed by atoms with Crippen LogP contribution in [0.25, 0.3) is 0 Å². The van der Waals surface area contributed by atoms with Crippen LogP contribution in [-0.4, -0.2) is 53.1 Å². The van der Waals surface area contributed by atoms with Crippen LogP contribution in [0, 0.1) is 0 Å². The molecule has 0 aromatic carbocycles. The van der Waals surface area contributed by atoms with Crippen LogP contribution in [0.5, 0.6) is 5.06 Å². The third kappa shape index (κ3) is 7.12. The Balaban J connectivity index is 1.42. The van der Waals surface area contributed by atoms with Crippen molar-refractivity contribution >= 4 is 29.2 Å². The summed E-state index contributed by atoms with van der Waals surface area (Å²) >= 11 is 1.28. The number of halogens is 3. The van der Waals surface area contributed by atoms with Crippen LogP contribution in [0.2, 0.25) is 0 Å². The topological polar surface area (TPSA) is 118 Å². The van der Waals surface area contributed by atoms with Gasteiger partial charge in [0.1, 0.15) is 11.1 Å². The predicted molar refractivity (Wildman–Crippen MR) is 105 cm³/mol. The molecular weight excluding hydrogens is 439 g/mol. The number of carbonyl (C=O) groups is 2. The maximum Gasteiger partial charge on any atom is 0.407 e. The number of ether oxygens (including phenoxy) is 2. The van der Waals surface area contributed by atoms with E-state index in [2.05, 4.69) is 25.8 Å². The summed E-state index contributed by atoms with van der Waals surface area (Å²) in [5.41, 5.74) is 0.787. The number of hydrogen-bond donors (Lipinski definition) is 3. The Labute approximate surface area is 179 Å². The summed E-state index contributed by atoms with van der Waals surface area (Å²) in [5, 5.41) is 13.0. The van der Waals surface area contributed by atoms with Gasteiger partial charge in [-0.1, -0.05) is 11.3 Å². The summed E-state index contributed by atoms with van der Waals surface area (Å²) in [6.07, 6.45) is -3.21. The molecule has 3 rings (SSSR count). The quantitative estimate of drug-likeness (QED) is 0.555. The molecule has 1 fully saturated rings. The number of alkyl halides is 3. The van der Waals surface area contributed by atoms with Gasteiger partial charge in [0.25, 0.3) is 0 Å². The summed E-state index contributed by atoms with van der Waals surface area (Å²) in [6.45, 7) is -0.518. The van der Waals surface area contributed by atoms with E-state index in [1.54, 1.807) is 12.3 Å². The number of anilines is 1. The maximum atomic E-state index is 12.2. The molecule has 31 heavy (non-hydrogen) atoms. The van der Waals surface area contributed by atoms with Gasteiger partial charge in [0.05, 0.1) is 26.1 Å². The molecule has 9 nitrogen and oxygen atoms in total. The number of nitrogens with zero attached hydrogens (tertiary/aromatic N) is 2. The zero-order chi connectivity index (χ0) is 22.4. The number of alkyl carbamates (subject to hydrolysis) is 1. The molecule has 0 radical (unpaired) electrons. The standard InChI is InChI=1S/C18H22F3N5O4S/c1-29-16-9-23-15(31-16)8-14(27)24-13-7-12(25-26-13)10-2-3-11(6-10)30-17(28)22-5-4-18(19,20)21/h7,9-11H,2-6,8H2,1H3,(H,22,28)(H2,24,25,26,27). The number of nitrogens with one attached hydrogen (secondary N) is 3. The normalized spacial score (nSPS) is 18.6. The molecule has 1 saturated carbocycles. The summed E-state index contributed by atoms with van der Waals surface area (Å²) in [7, 11) is 1.53. The van der Waals surface area contributed by atoms with Gasteiger partial charge in [-0.3, -0.25) is 9.89 Å². The second-order valence-corrected chi connectivity index (χ2v) is 8.12. The smallest absolute Gasteiger partial charge is 0.407 e. The lowest BCUT2D eigenvalue weighted by molar-refractivity contribution is -0.133. The molecule has 1 aliphatic carbocycles. The van der Waals surface area contributed by atoms with Crippen LogP contribution >= 0.6 is 11.3 Å². The summed E-state index contributed by atoms with van der Waals surface area (Å²) in [4.78, 5) is 27.9. The van der Waals surface area contributed by atoms with E-state index in [1.165, 1.54) is 18.4 Å². The number of rotatable bonds is 8. The summed E-state index contributed by atoms with van der Waals surface area (Å²) < 4.78 is 46.6. The largest absolute Gasteiger partial charge is 0.486 e. The molecule has 2 aromatic rings. The van der Waals surface area contributed by atoms with Crippen molar-refractivity contribution in [2.45, 2.75) is 50.3 Å². The average Bonchev–Trinajstić information content (AvgIpc) is 3.41. The Kier molecular flexibility index (Phi) is 7.36. The molecule has 2 heterocycles. The Morgan fingerprint density at radius 2 is 2.16 bits per heavy atom. The van der Waals surface area contributed by atoms with Crippen molar-refractivity contribution in [3.05, 3.63) is 23.0 Å². The van der Waals surface area contributed by atoms with Gasteiger partial charge in [0.15, 0.2) is 10.9 Å². The van der Waals surface area contributed by atoms with Crippen LogP contribution in [0.1, 0.15) is 42.3 Å². The van der Waals surface area contributed by atoms with Crippen molar-refractivity contribution < 1.29 is 32.2 Å². The molecule has 2 unspecified atom stereocenters. The van der Waals surface area contributed by atoms with E-state index in [4.69, 9.17) is 9.47 Å².